The minimum absolute atomic E-state index is 0.782. The average Bonchev–Trinajstić information content (AvgIpc) is 3.01. The monoisotopic (exact) mass is 270 g/mol. The smallest absolute Gasteiger partial charge is 0.158 e. The van der Waals surface area contributed by atoms with Crippen LogP contribution in [0.2, 0.25) is 0 Å². The second kappa shape index (κ2) is 4.63. The molecule has 0 atom stereocenters. The molecule has 0 aliphatic rings. The fourth-order valence-corrected chi connectivity index (χ4v) is 2.49. The van der Waals surface area contributed by atoms with Gasteiger partial charge in [-0.3, -0.25) is 0 Å². The number of nitrogen functional groups attached to an aromatic ring is 1. The van der Waals surface area contributed by atoms with Gasteiger partial charge in [-0.05, 0) is 37.5 Å². The minimum atomic E-state index is 0.782. The van der Waals surface area contributed by atoms with E-state index in [0.29, 0.717) is 0 Å². The lowest BCUT2D eigenvalue weighted by atomic mass is 10.2. The zero-order valence-electron chi connectivity index (χ0n) is 12.0. The molecule has 3 heterocycles. The third kappa shape index (κ3) is 1.76. The number of pyridine rings is 1. The lowest BCUT2D eigenvalue weighted by molar-refractivity contribution is 0.737. The molecule has 0 unspecified atom stereocenters. The van der Waals surface area contributed by atoms with Gasteiger partial charge >= 0.3 is 0 Å². The normalized spacial score (nSPS) is 11.3. The molecule has 0 aromatic carbocycles. The summed E-state index contributed by atoms with van der Waals surface area (Å²) in [6.07, 6.45) is 3.19. The molecule has 20 heavy (non-hydrogen) atoms. The topological polar surface area (TPSA) is 74.0 Å². The molecular formula is C14H18N6. The molecule has 0 saturated carbocycles. The van der Waals surface area contributed by atoms with E-state index in [0.717, 1.165) is 46.9 Å². The molecular weight excluding hydrogens is 252 g/mol. The predicted molar refractivity (Wildman–Crippen MR) is 78.0 cm³/mol. The Labute approximate surface area is 117 Å². The van der Waals surface area contributed by atoms with Gasteiger partial charge in [0.2, 0.25) is 0 Å². The van der Waals surface area contributed by atoms with Crippen LogP contribution in [0.15, 0.2) is 18.5 Å². The Balaban J connectivity index is 2.33. The van der Waals surface area contributed by atoms with E-state index in [2.05, 4.69) is 29.0 Å². The van der Waals surface area contributed by atoms with Gasteiger partial charge in [0.1, 0.15) is 6.33 Å². The molecule has 104 valence electrons. The van der Waals surface area contributed by atoms with Crippen LogP contribution in [0.4, 0.5) is 5.69 Å². The first-order valence-corrected chi connectivity index (χ1v) is 6.82. The van der Waals surface area contributed by atoms with E-state index in [9.17, 15) is 0 Å². The summed E-state index contributed by atoms with van der Waals surface area (Å²) in [6.45, 7) is 6.18. The molecule has 0 bridgehead atoms. The van der Waals surface area contributed by atoms with Crippen LogP contribution in [0.3, 0.4) is 0 Å². The summed E-state index contributed by atoms with van der Waals surface area (Å²) < 4.78 is 3.68. The Morgan fingerprint density at radius 3 is 2.70 bits per heavy atom. The molecule has 3 aromatic rings. The number of hydrogen-bond acceptors (Lipinski definition) is 4. The second-order valence-electron chi connectivity index (χ2n) is 4.85. The summed E-state index contributed by atoms with van der Waals surface area (Å²) in [6, 6.07) is 4.04. The largest absolute Gasteiger partial charge is 0.396 e. The first-order chi connectivity index (χ1) is 9.65. The van der Waals surface area contributed by atoms with E-state index in [1.165, 1.54) is 0 Å². The van der Waals surface area contributed by atoms with Crippen LogP contribution in [-0.4, -0.2) is 24.4 Å². The summed E-state index contributed by atoms with van der Waals surface area (Å²) >= 11 is 0. The maximum absolute atomic E-state index is 6.19. The number of aryl methyl sites for hydroxylation is 2. The highest BCUT2D eigenvalue weighted by Crippen LogP contribution is 2.23. The van der Waals surface area contributed by atoms with Crippen LogP contribution in [-0.2, 0) is 12.8 Å². The van der Waals surface area contributed by atoms with E-state index >= 15 is 0 Å². The number of fused-ring (bicyclic) bond motifs is 1. The van der Waals surface area contributed by atoms with Crippen LogP contribution in [0.25, 0.3) is 11.5 Å². The van der Waals surface area contributed by atoms with E-state index in [1.807, 2.05) is 23.7 Å². The van der Waals surface area contributed by atoms with Crippen molar-refractivity contribution < 1.29 is 0 Å². The molecule has 0 fully saturated rings. The van der Waals surface area contributed by atoms with Crippen molar-refractivity contribution in [3.63, 3.8) is 0 Å². The highest BCUT2D eigenvalue weighted by Gasteiger charge is 2.16. The molecule has 0 radical (unpaired) electrons. The Bertz CT molecular complexity index is 767. The molecule has 0 spiro atoms. The molecule has 6 nitrogen and oxygen atoms in total. The molecule has 6 heteroatoms. The van der Waals surface area contributed by atoms with Gasteiger partial charge < -0.3 is 5.73 Å². The minimum Gasteiger partial charge on any atom is -0.396 e. The number of nitrogens with zero attached hydrogens (tertiary/aromatic N) is 5. The third-order valence-corrected chi connectivity index (χ3v) is 3.49. The van der Waals surface area contributed by atoms with Crippen molar-refractivity contribution in [2.24, 2.45) is 0 Å². The number of rotatable bonds is 3. The first-order valence-electron chi connectivity index (χ1n) is 6.82. The number of aromatic nitrogens is 5. The zero-order valence-corrected chi connectivity index (χ0v) is 12.0. The van der Waals surface area contributed by atoms with Crippen LogP contribution in [0.5, 0.6) is 0 Å². The molecule has 3 rings (SSSR count). The second-order valence-corrected chi connectivity index (χ2v) is 4.85. The summed E-state index contributed by atoms with van der Waals surface area (Å²) in [5.41, 5.74) is 10.9. The van der Waals surface area contributed by atoms with Gasteiger partial charge in [0.25, 0.3) is 0 Å². The Hall–Kier alpha value is -2.37. The summed E-state index contributed by atoms with van der Waals surface area (Å²) in [5.74, 6) is 0.876. The van der Waals surface area contributed by atoms with Gasteiger partial charge in [-0.1, -0.05) is 13.8 Å². The van der Waals surface area contributed by atoms with Gasteiger partial charge in [-0.25, -0.2) is 9.67 Å². The summed E-state index contributed by atoms with van der Waals surface area (Å²) in [7, 11) is 0. The van der Waals surface area contributed by atoms with Gasteiger partial charge in [-0.2, -0.15) is 14.7 Å². The molecule has 0 saturated heterocycles. The number of nitrogens with two attached hydrogens (primary N) is 1. The van der Waals surface area contributed by atoms with Crippen molar-refractivity contribution in [3.05, 3.63) is 35.4 Å². The number of anilines is 1. The van der Waals surface area contributed by atoms with E-state index < -0.39 is 0 Å². The highest BCUT2D eigenvalue weighted by molar-refractivity contribution is 5.53. The third-order valence-electron chi connectivity index (χ3n) is 3.49. The molecule has 0 amide bonds. The van der Waals surface area contributed by atoms with E-state index in [4.69, 9.17) is 5.73 Å². The number of hydrogen-bond donors (Lipinski definition) is 1. The van der Waals surface area contributed by atoms with Crippen molar-refractivity contribution in [1.29, 1.82) is 0 Å². The van der Waals surface area contributed by atoms with Crippen LogP contribution in [0.1, 0.15) is 30.8 Å². The van der Waals surface area contributed by atoms with Crippen molar-refractivity contribution >= 4 is 11.3 Å². The Morgan fingerprint density at radius 2 is 2.00 bits per heavy atom. The molecule has 2 N–H and O–H groups in total. The maximum atomic E-state index is 6.19. The maximum Gasteiger partial charge on any atom is 0.158 e. The lowest BCUT2D eigenvalue weighted by Gasteiger charge is -2.09. The van der Waals surface area contributed by atoms with Crippen LogP contribution >= 0.6 is 0 Å². The quantitative estimate of drug-likeness (QED) is 0.789. The van der Waals surface area contributed by atoms with Gasteiger partial charge in [0, 0.05) is 0 Å². The highest BCUT2D eigenvalue weighted by atomic mass is 15.4. The van der Waals surface area contributed by atoms with Crippen LogP contribution < -0.4 is 5.73 Å². The van der Waals surface area contributed by atoms with Crippen molar-refractivity contribution in [3.8, 4) is 5.82 Å². The van der Waals surface area contributed by atoms with Crippen LogP contribution in [0, 0.1) is 6.92 Å². The summed E-state index contributed by atoms with van der Waals surface area (Å²) in [4.78, 5) is 4.25. The molecule has 0 aliphatic heterocycles. The van der Waals surface area contributed by atoms with Gasteiger partial charge in [-0.15, -0.1) is 0 Å². The van der Waals surface area contributed by atoms with Crippen molar-refractivity contribution in [1.82, 2.24) is 24.4 Å². The standard InChI is InChI=1S/C14H18N6/c1-4-10-14(15)11(5-2)19(18-10)13-7-9(3)6-12-16-8-17-20(12)13/h6-8H,4-5,15H2,1-3H3. The molecule has 3 aromatic heterocycles. The SMILES string of the molecule is CCc1nn(-c2cc(C)cc3ncnn23)c(CC)c1N. The van der Waals surface area contributed by atoms with Gasteiger partial charge in [0.15, 0.2) is 11.5 Å². The van der Waals surface area contributed by atoms with E-state index in [-0.39, 0.29) is 0 Å². The van der Waals surface area contributed by atoms with Crippen molar-refractivity contribution in [2.75, 3.05) is 5.73 Å². The average molecular weight is 270 g/mol. The predicted octanol–water partition coefficient (Wildman–Crippen LogP) is 1.93. The van der Waals surface area contributed by atoms with Crippen molar-refractivity contribution in [2.45, 2.75) is 33.6 Å². The fraction of sp³-hybridized carbons (Fsp3) is 0.357. The summed E-state index contributed by atoms with van der Waals surface area (Å²) in [5, 5.41) is 8.92. The van der Waals surface area contributed by atoms with E-state index in [1.54, 1.807) is 10.8 Å². The molecule has 0 aliphatic carbocycles. The first kappa shape index (κ1) is 12.7. The zero-order chi connectivity index (χ0) is 14.3. The lowest BCUT2D eigenvalue weighted by Crippen LogP contribution is -2.09. The Morgan fingerprint density at radius 1 is 1.20 bits per heavy atom. The fourth-order valence-electron chi connectivity index (χ4n) is 2.49. The van der Waals surface area contributed by atoms with Gasteiger partial charge in [0.05, 0.1) is 17.1 Å². The Kier molecular flexibility index (Phi) is 2.93.